The van der Waals surface area contributed by atoms with Gasteiger partial charge in [0.1, 0.15) is 0 Å². The van der Waals surface area contributed by atoms with Crippen LogP contribution in [0.1, 0.15) is 26.2 Å². The van der Waals surface area contributed by atoms with Crippen molar-refractivity contribution < 1.29 is 13.5 Å². The molecule has 19 heavy (non-hydrogen) atoms. The van der Waals surface area contributed by atoms with Crippen LogP contribution in [-0.2, 0) is 10.2 Å². The summed E-state index contributed by atoms with van der Waals surface area (Å²) in [6, 6.07) is 0. The number of nitrogens with zero attached hydrogens (tertiary/aromatic N) is 2. The molecule has 0 aliphatic carbocycles. The average Bonchev–Trinajstić information content (AvgIpc) is 2.76. The van der Waals surface area contributed by atoms with E-state index in [1.807, 2.05) is 0 Å². The van der Waals surface area contributed by atoms with Gasteiger partial charge in [-0.1, -0.05) is 6.92 Å². The highest BCUT2D eigenvalue weighted by Crippen LogP contribution is 2.22. The van der Waals surface area contributed by atoms with E-state index in [9.17, 15) is 13.5 Å². The first-order chi connectivity index (χ1) is 8.83. The molecule has 2 rings (SSSR count). The van der Waals surface area contributed by atoms with Crippen LogP contribution in [0.15, 0.2) is 0 Å². The maximum atomic E-state index is 12.4. The zero-order valence-corrected chi connectivity index (χ0v) is 12.6. The third-order valence-electron chi connectivity index (χ3n) is 4.20. The third kappa shape index (κ3) is 3.46. The first-order valence-corrected chi connectivity index (χ1v) is 8.38. The fourth-order valence-electron chi connectivity index (χ4n) is 2.77. The van der Waals surface area contributed by atoms with Gasteiger partial charge in [0.25, 0.3) is 10.2 Å². The molecule has 112 valence electrons. The van der Waals surface area contributed by atoms with Gasteiger partial charge < -0.3 is 10.4 Å². The summed E-state index contributed by atoms with van der Waals surface area (Å²) in [6.45, 7) is 4.69. The Bertz CT molecular complexity index is 398. The van der Waals surface area contributed by atoms with Crippen LogP contribution < -0.4 is 5.32 Å². The molecule has 0 aromatic carbocycles. The Morgan fingerprint density at radius 3 is 2.58 bits per heavy atom. The smallest absolute Gasteiger partial charge is 0.281 e. The van der Waals surface area contributed by atoms with Gasteiger partial charge in [0.2, 0.25) is 0 Å². The van der Waals surface area contributed by atoms with E-state index in [1.54, 1.807) is 11.4 Å². The van der Waals surface area contributed by atoms with Gasteiger partial charge >= 0.3 is 0 Å². The molecule has 0 aromatic heterocycles. The molecular weight excluding hydrogens is 266 g/mol. The molecule has 2 fully saturated rings. The van der Waals surface area contributed by atoms with Crippen LogP contribution in [0.2, 0.25) is 0 Å². The number of nitrogens with one attached hydrogen (secondary N) is 1. The summed E-state index contributed by atoms with van der Waals surface area (Å²) in [7, 11) is -1.87. The predicted octanol–water partition coefficient (Wildman–Crippen LogP) is -0.381. The lowest BCUT2D eigenvalue weighted by molar-refractivity contribution is 0.0446. The van der Waals surface area contributed by atoms with Crippen molar-refractivity contribution in [2.24, 2.45) is 5.92 Å². The summed E-state index contributed by atoms with van der Waals surface area (Å²) in [5.41, 5.74) is -0.926. The summed E-state index contributed by atoms with van der Waals surface area (Å²) in [5.74, 6) is 0.597. The molecule has 2 heterocycles. The minimum Gasteiger partial charge on any atom is -0.387 e. The second kappa shape index (κ2) is 5.65. The highest BCUT2D eigenvalue weighted by atomic mass is 32.2. The van der Waals surface area contributed by atoms with Crippen molar-refractivity contribution in [3.8, 4) is 0 Å². The van der Waals surface area contributed by atoms with Gasteiger partial charge in [0.05, 0.1) is 5.60 Å². The maximum Gasteiger partial charge on any atom is 0.281 e. The molecule has 2 N–H and O–H groups in total. The standard InChI is InChI=1S/C12H25N3O3S/c1-11-3-7-15(8-4-11)19(17,18)14(2)10-12(16)5-6-13-9-12/h11,13,16H,3-10H2,1-2H3. The SMILES string of the molecule is CC1CCN(S(=O)(=O)N(C)CC2(O)CCNC2)CC1. The molecule has 0 saturated carbocycles. The van der Waals surface area contributed by atoms with E-state index in [2.05, 4.69) is 12.2 Å². The van der Waals surface area contributed by atoms with Crippen LogP contribution in [0.5, 0.6) is 0 Å². The topological polar surface area (TPSA) is 72.9 Å². The Hall–Kier alpha value is -0.210. The van der Waals surface area contributed by atoms with E-state index in [-0.39, 0.29) is 6.54 Å². The number of aliphatic hydroxyl groups is 1. The predicted molar refractivity (Wildman–Crippen MR) is 74.0 cm³/mol. The Labute approximate surface area is 116 Å². The van der Waals surface area contributed by atoms with Crippen molar-refractivity contribution in [3.63, 3.8) is 0 Å². The Morgan fingerprint density at radius 1 is 1.42 bits per heavy atom. The van der Waals surface area contributed by atoms with Crippen LogP contribution in [0.3, 0.4) is 0 Å². The van der Waals surface area contributed by atoms with Crippen LogP contribution in [0.4, 0.5) is 0 Å². The van der Waals surface area contributed by atoms with Crippen molar-refractivity contribution >= 4 is 10.2 Å². The lowest BCUT2D eigenvalue weighted by Gasteiger charge is -2.35. The number of piperidine rings is 1. The van der Waals surface area contributed by atoms with Crippen LogP contribution in [0.25, 0.3) is 0 Å². The highest BCUT2D eigenvalue weighted by molar-refractivity contribution is 7.86. The quantitative estimate of drug-likeness (QED) is 0.740. The van der Waals surface area contributed by atoms with Crippen molar-refractivity contribution in [1.82, 2.24) is 13.9 Å². The molecule has 1 unspecified atom stereocenters. The first-order valence-electron chi connectivity index (χ1n) is 6.98. The summed E-state index contributed by atoms with van der Waals surface area (Å²) in [6.07, 6.45) is 2.43. The Kier molecular flexibility index (Phi) is 4.52. The van der Waals surface area contributed by atoms with E-state index < -0.39 is 15.8 Å². The monoisotopic (exact) mass is 291 g/mol. The highest BCUT2D eigenvalue weighted by Gasteiger charge is 2.37. The third-order valence-corrected chi connectivity index (χ3v) is 6.14. The van der Waals surface area contributed by atoms with Crippen LogP contribution in [-0.4, -0.2) is 67.5 Å². The second-order valence-electron chi connectivity index (χ2n) is 6.00. The first kappa shape index (κ1) is 15.2. The molecular formula is C12H25N3O3S. The summed E-state index contributed by atoms with van der Waals surface area (Å²) < 4.78 is 27.7. The lowest BCUT2D eigenvalue weighted by atomic mass is 10.0. The maximum absolute atomic E-state index is 12.4. The van der Waals surface area contributed by atoms with Gasteiger partial charge in [0.15, 0.2) is 0 Å². The van der Waals surface area contributed by atoms with Gasteiger partial charge in [-0.25, -0.2) is 0 Å². The molecule has 2 aliphatic rings. The largest absolute Gasteiger partial charge is 0.387 e. The molecule has 0 aromatic rings. The number of hydrogen-bond donors (Lipinski definition) is 2. The van der Waals surface area contributed by atoms with Gasteiger partial charge in [-0.15, -0.1) is 0 Å². The number of rotatable bonds is 4. The minimum absolute atomic E-state index is 0.161. The molecule has 1 atom stereocenters. The summed E-state index contributed by atoms with van der Waals surface area (Å²) >= 11 is 0. The van der Waals surface area contributed by atoms with E-state index in [1.165, 1.54) is 4.31 Å². The van der Waals surface area contributed by atoms with Crippen LogP contribution >= 0.6 is 0 Å². The van der Waals surface area contributed by atoms with Crippen molar-refractivity contribution in [3.05, 3.63) is 0 Å². The Morgan fingerprint density at radius 2 is 2.05 bits per heavy atom. The number of likely N-dealkylation sites (N-methyl/N-ethyl adjacent to an activating group) is 1. The van der Waals surface area contributed by atoms with Gasteiger partial charge in [0, 0.05) is 33.2 Å². The Balaban J connectivity index is 1.98. The van der Waals surface area contributed by atoms with Gasteiger partial charge in [-0.2, -0.15) is 17.0 Å². The normalized spacial score (nSPS) is 31.2. The molecule has 0 amide bonds. The van der Waals surface area contributed by atoms with Gasteiger partial charge in [-0.05, 0) is 31.7 Å². The second-order valence-corrected chi connectivity index (χ2v) is 8.03. The van der Waals surface area contributed by atoms with E-state index >= 15 is 0 Å². The molecule has 2 aliphatic heterocycles. The van der Waals surface area contributed by atoms with Gasteiger partial charge in [-0.3, -0.25) is 0 Å². The lowest BCUT2D eigenvalue weighted by Crippen LogP contribution is -2.51. The average molecular weight is 291 g/mol. The molecule has 2 saturated heterocycles. The number of β-amino-alcohol motifs (C(OH)–C–C–N with tert-alkyl or cyclic N) is 1. The summed E-state index contributed by atoms with van der Waals surface area (Å²) in [4.78, 5) is 0. The zero-order valence-electron chi connectivity index (χ0n) is 11.8. The van der Waals surface area contributed by atoms with Crippen molar-refractivity contribution in [2.45, 2.75) is 31.8 Å². The molecule has 6 nitrogen and oxygen atoms in total. The molecule has 0 spiro atoms. The number of hydrogen-bond acceptors (Lipinski definition) is 4. The fourth-order valence-corrected chi connectivity index (χ4v) is 4.24. The van der Waals surface area contributed by atoms with Crippen LogP contribution in [0, 0.1) is 5.92 Å². The van der Waals surface area contributed by atoms with Crippen molar-refractivity contribution in [2.75, 3.05) is 39.8 Å². The zero-order chi connectivity index (χ0) is 14.1. The fraction of sp³-hybridized carbons (Fsp3) is 1.00. The van der Waals surface area contributed by atoms with E-state index in [0.717, 1.165) is 19.4 Å². The summed E-state index contributed by atoms with van der Waals surface area (Å²) in [5, 5.41) is 13.3. The van der Waals surface area contributed by atoms with Crippen molar-refractivity contribution in [1.29, 1.82) is 0 Å². The minimum atomic E-state index is -3.43. The molecule has 7 heteroatoms. The van der Waals surface area contributed by atoms with E-state index in [0.29, 0.717) is 32.0 Å². The molecule has 0 bridgehead atoms. The molecule has 0 radical (unpaired) electrons. The van der Waals surface area contributed by atoms with E-state index in [4.69, 9.17) is 0 Å².